The predicted octanol–water partition coefficient (Wildman–Crippen LogP) is 8.80. The summed E-state index contributed by atoms with van der Waals surface area (Å²) in [5.74, 6) is 0.256. The summed E-state index contributed by atoms with van der Waals surface area (Å²) in [6.45, 7) is 0. The number of benzene rings is 4. The van der Waals surface area contributed by atoms with E-state index in [0.717, 1.165) is 36.8 Å². The summed E-state index contributed by atoms with van der Waals surface area (Å²) in [4.78, 5) is 48.7. The van der Waals surface area contributed by atoms with Crippen molar-refractivity contribution in [2.45, 2.75) is 77.0 Å². The van der Waals surface area contributed by atoms with E-state index in [0.29, 0.717) is 59.8 Å². The molecule has 0 aromatic heterocycles. The molecule has 52 heavy (non-hydrogen) atoms. The first-order chi connectivity index (χ1) is 25.3. The van der Waals surface area contributed by atoms with Crippen molar-refractivity contribution in [3.63, 3.8) is 0 Å². The third-order valence-electron chi connectivity index (χ3n) is 7.92. The second-order valence-corrected chi connectivity index (χ2v) is 12.1. The van der Waals surface area contributed by atoms with Crippen LogP contribution in [0.5, 0.6) is 23.0 Å². The van der Waals surface area contributed by atoms with E-state index < -0.39 is 0 Å². The molecule has 0 aliphatic carbocycles. The number of esters is 4. The van der Waals surface area contributed by atoms with Gasteiger partial charge in [0, 0.05) is 25.7 Å². The zero-order chi connectivity index (χ0) is 37.0. The quantitative estimate of drug-likeness (QED) is 0.0527. The van der Waals surface area contributed by atoms with Crippen molar-refractivity contribution in [3.05, 3.63) is 108 Å². The summed E-state index contributed by atoms with van der Waals surface area (Å²) in [6, 6.07) is 31.3. The van der Waals surface area contributed by atoms with Gasteiger partial charge in [-0.1, -0.05) is 62.1 Å². The summed E-state index contributed by atoms with van der Waals surface area (Å²) in [7, 11) is 0. The zero-order valence-electron chi connectivity index (χ0n) is 28.9. The number of nitriles is 2. The summed E-state index contributed by atoms with van der Waals surface area (Å²) >= 11 is 0. The number of hydrogen-bond acceptors (Lipinski definition) is 10. The number of rotatable bonds is 19. The number of unbranched alkanes of at least 4 members (excludes halogenated alkanes) is 6. The van der Waals surface area contributed by atoms with E-state index in [1.807, 2.05) is 36.4 Å². The van der Waals surface area contributed by atoms with Crippen LogP contribution in [0, 0.1) is 22.7 Å². The Kier molecular flexibility index (Phi) is 15.6. The maximum atomic E-state index is 12.3. The first-order valence-electron chi connectivity index (χ1n) is 17.3. The third kappa shape index (κ3) is 13.9. The Labute approximate surface area is 303 Å². The molecule has 10 nitrogen and oxygen atoms in total. The molecule has 0 amide bonds. The van der Waals surface area contributed by atoms with E-state index in [-0.39, 0.29) is 49.6 Å². The molecule has 0 bridgehead atoms. The molecule has 0 saturated heterocycles. The van der Waals surface area contributed by atoms with E-state index in [9.17, 15) is 19.2 Å². The van der Waals surface area contributed by atoms with Crippen molar-refractivity contribution in [2.24, 2.45) is 0 Å². The van der Waals surface area contributed by atoms with Gasteiger partial charge in [-0.15, -0.1) is 0 Å². The standard InChI is InChI=1S/C42H40N2O8/c43-29-31-11-9-13-37(27-31)51-41(47)17-7-3-1-5-15-39(45)49-35-23-19-33(20-24-35)34-21-25-36(26-22-34)50-40(46)16-6-2-4-8-18-42(48)52-38-14-10-12-32(28-38)30-44/h9-14,19-28H,1-8,15-18H2. The second-order valence-electron chi connectivity index (χ2n) is 12.1. The minimum atomic E-state index is -0.353. The van der Waals surface area contributed by atoms with Gasteiger partial charge in [0.15, 0.2) is 0 Å². The van der Waals surface area contributed by atoms with Crippen LogP contribution in [0.1, 0.15) is 88.2 Å². The van der Waals surface area contributed by atoms with Crippen molar-refractivity contribution in [2.75, 3.05) is 0 Å². The number of ether oxygens (including phenoxy) is 4. The fourth-order valence-electron chi connectivity index (χ4n) is 5.20. The molecule has 10 heteroatoms. The van der Waals surface area contributed by atoms with Gasteiger partial charge in [-0.25, -0.2) is 0 Å². The molecule has 0 heterocycles. The molecule has 0 saturated carbocycles. The molecule has 4 rings (SSSR count). The van der Waals surface area contributed by atoms with Gasteiger partial charge in [-0.3, -0.25) is 19.2 Å². The van der Waals surface area contributed by atoms with Crippen LogP contribution >= 0.6 is 0 Å². The first kappa shape index (κ1) is 38.5. The van der Waals surface area contributed by atoms with E-state index in [1.54, 1.807) is 60.7 Å². The Balaban J connectivity index is 1.05. The Morgan fingerprint density at radius 3 is 1.02 bits per heavy atom. The fraction of sp³-hybridized carbons (Fsp3) is 0.286. The molecule has 4 aromatic rings. The lowest BCUT2D eigenvalue weighted by Crippen LogP contribution is -2.08. The van der Waals surface area contributed by atoms with Crippen molar-refractivity contribution in [1.29, 1.82) is 10.5 Å². The highest BCUT2D eigenvalue weighted by molar-refractivity contribution is 5.75. The monoisotopic (exact) mass is 700 g/mol. The molecular formula is C42H40N2O8. The first-order valence-corrected chi connectivity index (χ1v) is 17.3. The van der Waals surface area contributed by atoms with Crippen LogP contribution in [0.3, 0.4) is 0 Å². The molecule has 0 unspecified atom stereocenters. The molecule has 0 atom stereocenters. The highest BCUT2D eigenvalue weighted by atomic mass is 16.5. The number of hydrogen-bond donors (Lipinski definition) is 0. The normalized spacial score (nSPS) is 10.3. The van der Waals surface area contributed by atoms with Crippen molar-refractivity contribution >= 4 is 23.9 Å². The van der Waals surface area contributed by atoms with E-state index >= 15 is 0 Å². The number of nitrogens with zero attached hydrogens (tertiary/aromatic N) is 2. The molecule has 266 valence electrons. The topological polar surface area (TPSA) is 153 Å². The summed E-state index contributed by atoms with van der Waals surface area (Å²) in [6.07, 6.45) is 6.74. The summed E-state index contributed by atoms with van der Waals surface area (Å²) in [5.41, 5.74) is 2.68. The molecule has 0 N–H and O–H groups in total. The van der Waals surface area contributed by atoms with E-state index in [4.69, 9.17) is 29.5 Å². The lowest BCUT2D eigenvalue weighted by molar-refractivity contribution is -0.135. The van der Waals surface area contributed by atoms with Crippen LogP contribution in [0.2, 0.25) is 0 Å². The molecule has 0 radical (unpaired) electrons. The lowest BCUT2D eigenvalue weighted by Gasteiger charge is -2.08. The van der Waals surface area contributed by atoms with Gasteiger partial charge in [0.25, 0.3) is 0 Å². The maximum absolute atomic E-state index is 12.3. The van der Waals surface area contributed by atoms with Crippen LogP contribution in [0.4, 0.5) is 0 Å². The number of carbonyl (C=O) groups excluding carboxylic acids is 4. The Morgan fingerprint density at radius 2 is 0.712 bits per heavy atom. The molecular weight excluding hydrogens is 660 g/mol. The second kappa shape index (κ2) is 21.1. The zero-order valence-corrected chi connectivity index (χ0v) is 28.9. The largest absolute Gasteiger partial charge is 0.427 e. The van der Waals surface area contributed by atoms with Crippen molar-refractivity contribution in [3.8, 4) is 46.3 Å². The lowest BCUT2D eigenvalue weighted by atomic mass is 10.1. The van der Waals surface area contributed by atoms with E-state index in [1.165, 1.54) is 12.1 Å². The van der Waals surface area contributed by atoms with Gasteiger partial charge in [0.1, 0.15) is 23.0 Å². The minimum absolute atomic E-state index is 0.259. The average Bonchev–Trinajstić information content (AvgIpc) is 3.15. The third-order valence-corrected chi connectivity index (χ3v) is 7.92. The maximum Gasteiger partial charge on any atom is 0.311 e. The van der Waals surface area contributed by atoms with Crippen molar-refractivity contribution in [1.82, 2.24) is 0 Å². The highest BCUT2D eigenvalue weighted by Crippen LogP contribution is 2.25. The fourth-order valence-corrected chi connectivity index (χ4v) is 5.20. The van der Waals surface area contributed by atoms with Crippen molar-refractivity contribution < 1.29 is 38.1 Å². The Bertz CT molecular complexity index is 1750. The van der Waals surface area contributed by atoms with Gasteiger partial charge >= 0.3 is 23.9 Å². The van der Waals surface area contributed by atoms with Crippen LogP contribution in [0.25, 0.3) is 11.1 Å². The van der Waals surface area contributed by atoms with Gasteiger partial charge in [0.05, 0.1) is 23.3 Å². The SMILES string of the molecule is N#Cc1cccc(OC(=O)CCCCCCC(=O)Oc2ccc(-c3ccc(OC(=O)CCCCCCC(=O)Oc4cccc(C#N)c4)cc3)cc2)c1. The molecule has 4 aromatic carbocycles. The summed E-state index contributed by atoms with van der Waals surface area (Å²) < 4.78 is 21.5. The predicted molar refractivity (Wildman–Crippen MR) is 192 cm³/mol. The van der Waals surface area contributed by atoms with Crippen LogP contribution < -0.4 is 18.9 Å². The van der Waals surface area contributed by atoms with Crippen LogP contribution in [-0.4, -0.2) is 23.9 Å². The molecule has 0 spiro atoms. The molecule has 0 fully saturated rings. The smallest absolute Gasteiger partial charge is 0.311 e. The van der Waals surface area contributed by atoms with E-state index in [2.05, 4.69) is 0 Å². The van der Waals surface area contributed by atoms with Crippen LogP contribution in [-0.2, 0) is 19.2 Å². The minimum Gasteiger partial charge on any atom is -0.427 e. The van der Waals surface area contributed by atoms with Gasteiger partial charge in [-0.05, 0) is 97.5 Å². The molecule has 0 aliphatic heterocycles. The highest BCUT2D eigenvalue weighted by Gasteiger charge is 2.10. The average molecular weight is 701 g/mol. The number of carbonyl (C=O) groups is 4. The van der Waals surface area contributed by atoms with Crippen LogP contribution in [0.15, 0.2) is 97.1 Å². The van der Waals surface area contributed by atoms with Gasteiger partial charge < -0.3 is 18.9 Å². The Morgan fingerprint density at radius 1 is 0.404 bits per heavy atom. The Hall–Kier alpha value is -6.26. The van der Waals surface area contributed by atoms with Gasteiger partial charge in [-0.2, -0.15) is 10.5 Å². The van der Waals surface area contributed by atoms with Gasteiger partial charge in [0.2, 0.25) is 0 Å². The summed E-state index contributed by atoms with van der Waals surface area (Å²) in [5, 5.41) is 17.9. The molecule has 0 aliphatic rings.